The number of imide groups is 2. The maximum atomic E-state index is 13.6. The lowest BCUT2D eigenvalue weighted by atomic mass is 10.0. The minimum atomic E-state index is -0.763. The minimum absolute atomic E-state index is 0.192. The number of hydrogen-bond acceptors (Lipinski definition) is 5. The van der Waals surface area contributed by atoms with E-state index >= 15 is 0 Å². The van der Waals surface area contributed by atoms with Crippen LogP contribution >= 0.6 is 0 Å². The van der Waals surface area contributed by atoms with Gasteiger partial charge in [-0.25, -0.2) is 14.6 Å². The lowest BCUT2D eigenvalue weighted by Crippen LogP contribution is -2.57. The van der Waals surface area contributed by atoms with E-state index in [0.29, 0.717) is 28.4 Å². The van der Waals surface area contributed by atoms with Gasteiger partial charge in [-0.1, -0.05) is 60.7 Å². The number of benzene rings is 4. The minimum Gasteiger partial charge on any atom is -0.484 e. The zero-order valence-electron chi connectivity index (χ0n) is 22.5. The first-order valence-electron chi connectivity index (χ1n) is 13.0. The van der Waals surface area contributed by atoms with Gasteiger partial charge in [-0.15, -0.1) is 0 Å². The Balaban J connectivity index is 1.41. The molecule has 1 aliphatic heterocycles. The van der Waals surface area contributed by atoms with Crippen molar-refractivity contribution < 1.29 is 23.9 Å². The molecule has 0 aromatic heterocycles. The maximum absolute atomic E-state index is 13.6. The second-order valence-electron chi connectivity index (χ2n) is 9.45. The molecule has 1 saturated heterocycles. The molecule has 5 rings (SSSR count). The van der Waals surface area contributed by atoms with Gasteiger partial charge in [0.2, 0.25) is 0 Å². The van der Waals surface area contributed by atoms with Crippen molar-refractivity contribution >= 4 is 46.9 Å². The molecule has 1 aliphatic rings. The lowest BCUT2D eigenvalue weighted by molar-refractivity contribution is -0.121. The molecule has 0 bridgehead atoms. The summed E-state index contributed by atoms with van der Waals surface area (Å²) in [7, 11) is 0. The van der Waals surface area contributed by atoms with Gasteiger partial charge in [0.15, 0.2) is 6.61 Å². The van der Waals surface area contributed by atoms with Crippen LogP contribution in [-0.4, -0.2) is 30.4 Å². The molecule has 8 heteroatoms. The van der Waals surface area contributed by atoms with Gasteiger partial charge in [0.05, 0.1) is 11.4 Å². The molecule has 4 aromatic rings. The van der Waals surface area contributed by atoms with Crippen LogP contribution in [-0.2, 0) is 14.4 Å². The van der Waals surface area contributed by atoms with Crippen LogP contribution in [0.25, 0.3) is 6.08 Å². The molecule has 1 N–H and O–H groups in total. The van der Waals surface area contributed by atoms with Crippen LogP contribution in [0.4, 0.5) is 21.9 Å². The van der Waals surface area contributed by atoms with Crippen LogP contribution in [0, 0.1) is 13.8 Å². The molecule has 0 spiro atoms. The van der Waals surface area contributed by atoms with Gasteiger partial charge in [-0.3, -0.25) is 14.4 Å². The molecule has 0 aliphatic carbocycles. The summed E-state index contributed by atoms with van der Waals surface area (Å²) in [4.78, 5) is 55.1. The summed E-state index contributed by atoms with van der Waals surface area (Å²) in [6, 6.07) is 28.5. The first kappa shape index (κ1) is 27.1. The fraction of sp³-hybridized carbons (Fsp3) is 0.0909. The van der Waals surface area contributed by atoms with E-state index < -0.39 is 17.8 Å². The third-order valence-corrected chi connectivity index (χ3v) is 6.70. The number of carbonyl (C=O) groups excluding carboxylic acids is 4. The summed E-state index contributed by atoms with van der Waals surface area (Å²) in [5, 5.41) is 2.85. The first-order chi connectivity index (χ1) is 19.8. The maximum Gasteiger partial charge on any atom is 0.343 e. The molecule has 0 radical (unpaired) electrons. The predicted octanol–water partition coefficient (Wildman–Crippen LogP) is 5.90. The molecular formula is C33H27N3O5. The number of ether oxygens (including phenoxy) is 1. The lowest BCUT2D eigenvalue weighted by Gasteiger charge is -2.33. The quantitative estimate of drug-likeness (QED) is 0.230. The average Bonchev–Trinajstić information content (AvgIpc) is 2.98. The SMILES string of the molecule is Cc1cccc(NC(=O)COc2cccc(C=C3C(=O)N(c4ccccc4)C(=O)N(c4ccccc4)C3=O)c2)c1C. The molecule has 8 nitrogen and oxygen atoms in total. The van der Waals surface area contributed by atoms with Crippen molar-refractivity contribution in [2.75, 3.05) is 21.7 Å². The van der Waals surface area contributed by atoms with Crippen molar-refractivity contribution in [3.63, 3.8) is 0 Å². The first-order valence-corrected chi connectivity index (χ1v) is 13.0. The van der Waals surface area contributed by atoms with E-state index in [2.05, 4.69) is 5.32 Å². The number of nitrogens with zero attached hydrogens (tertiary/aromatic N) is 2. The standard InChI is InChI=1S/C33H27N3O5/c1-22-11-9-18-29(23(22)2)34-30(37)21-41-27-17-10-12-24(19-27)20-28-31(38)35(25-13-5-3-6-14-25)33(40)36(32(28)39)26-15-7-4-8-16-26/h3-20H,21H2,1-2H3,(H,34,37). The fourth-order valence-corrected chi connectivity index (χ4v) is 4.42. The number of para-hydroxylation sites is 2. The van der Waals surface area contributed by atoms with Crippen molar-refractivity contribution in [2.24, 2.45) is 0 Å². The normalized spacial score (nSPS) is 13.3. The Hall–Kier alpha value is -5.50. The molecule has 4 aromatic carbocycles. The van der Waals surface area contributed by atoms with E-state index in [1.54, 1.807) is 84.9 Å². The van der Waals surface area contributed by atoms with E-state index in [-0.39, 0.29) is 18.1 Å². The predicted molar refractivity (Wildman–Crippen MR) is 158 cm³/mol. The zero-order valence-corrected chi connectivity index (χ0v) is 22.5. The van der Waals surface area contributed by atoms with Gasteiger partial charge in [0.1, 0.15) is 11.3 Å². The van der Waals surface area contributed by atoms with Crippen molar-refractivity contribution in [1.29, 1.82) is 0 Å². The van der Waals surface area contributed by atoms with Gasteiger partial charge in [-0.2, -0.15) is 0 Å². The van der Waals surface area contributed by atoms with E-state index in [9.17, 15) is 19.2 Å². The highest BCUT2D eigenvalue weighted by Gasteiger charge is 2.43. The van der Waals surface area contributed by atoms with Crippen LogP contribution in [0.3, 0.4) is 0 Å². The number of rotatable bonds is 7. The van der Waals surface area contributed by atoms with E-state index in [0.717, 1.165) is 20.9 Å². The molecular weight excluding hydrogens is 518 g/mol. The third kappa shape index (κ3) is 5.77. The molecule has 0 saturated carbocycles. The Kier molecular flexibility index (Phi) is 7.74. The van der Waals surface area contributed by atoms with Crippen molar-refractivity contribution in [1.82, 2.24) is 0 Å². The average molecular weight is 546 g/mol. The Morgan fingerprint density at radius 3 is 1.95 bits per heavy atom. The van der Waals surface area contributed by atoms with Crippen molar-refractivity contribution in [3.8, 4) is 5.75 Å². The number of urea groups is 1. The zero-order chi connectivity index (χ0) is 28.9. The van der Waals surface area contributed by atoms with Gasteiger partial charge >= 0.3 is 6.03 Å². The van der Waals surface area contributed by atoms with Crippen LogP contribution in [0.1, 0.15) is 16.7 Å². The number of amides is 5. The third-order valence-electron chi connectivity index (χ3n) is 6.70. The summed E-state index contributed by atoms with van der Waals surface area (Å²) >= 11 is 0. The van der Waals surface area contributed by atoms with Crippen molar-refractivity contribution in [3.05, 3.63) is 125 Å². The highest BCUT2D eigenvalue weighted by molar-refractivity contribution is 6.46. The summed E-state index contributed by atoms with van der Waals surface area (Å²) < 4.78 is 5.71. The molecule has 0 unspecified atom stereocenters. The summed E-state index contributed by atoms with van der Waals surface area (Å²) in [6.07, 6.45) is 1.42. The highest BCUT2D eigenvalue weighted by atomic mass is 16.5. The Morgan fingerprint density at radius 1 is 0.756 bits per heavy atom. The van der Waals surface area contributed by atoms with Crippen molar-refractivity contribution in [2.45, 2.75) is 13.8 Å². The van der Waals surface area contributed by atoms with Gasteiger partial charge in [0.25, 0.3) is 17.7 Å². The van der Waals surface area contributed by atoms with E-state index in [1.807, 2.05) is 32.0 Å². The van der Waals surface area contributed by atoms with Gasteiger partial charge in [0, 0.05) is 5.69 Å². The molecule has 204 valence electrons. The summed E-state index contributed by atoms with van der Waals surface area (Å²) in [5.41, 5.74) is 3.74. The second kappa shape index (κ2) is 11.7. The van der Waals surface area contributed by atoms with Crippen LogP contribution in [0.15, 0.2) is 109 Å². The van der Waals surface area contributed by atoms with Gasteiger partial charge in [-0.05, 0) is 79.1 Å². The fourth-order valence-electron chi connectivity index (χ4n) is 4.42. The van der Waals surface area contributed by atoms with Gasteiger partial charge < -0.3 is 10.1 Å². The molecule has 41 heavy (non-hydrogen) atoms. The molecule has 0 atom stereocenters. The molecule has 5 amide bonds. The van der Waals surface area contributed by atoms with E-state index in [4.69, 9.17) is 4.74 Å². The number of anilines is 3. The molecule has 1 heterocycles. The number of barbiturate groups is 1. The topological polar surface area (TPSA) is 96.0 Å². The van der Waals surface area contributed by atoms with Crippen LogP contribution < -0.4 is 19.9 Å². The second-order valence-corrected chi connectivity index (χ2v) is 9.45. The number of carbonyl (C=O) groups is 4. The number of aryl methyl sites for hydroxylation is 1. The number of hydrogen-bond donors (Lipinski definition) is 1. The Morgan fingerprint density at radius 2 is 1.34 bits per heavy atom. The van der Waals surface area contributed by atoms with Crippen LogP contribution in [0.5, 0.6) is 5.75 Å². The Bertz CT molecular complexity index is 1600. The highest BCUT2D eigenvalue weighted by Crippen LogP contribution is 2.30. The smallest absolute Gasteiger partial charge is 0.343 e. The van der Waals surface area contributed by atoms with Crippen LogP contribution in [0.2, 0.25) is 0 Å². The summed E-state index contributed by atoms with van der Waals surface area (Å²) in [6.45, 7) is 3.67. The monoisotopic (exact) mass is 545 g/mol. The number of nitrogens with one attached hydrogen (secondary N) is 1. The van der Waals surface area contributed by atoms with E-state index in [1.165, 1.54) is 6.08 Å². The molecule has 1 fully saturated rings. The summed E-state index contributed by atoms with van der Waals surface area (Å²) in [5.74, 6) is -1.42. The largest absolute Gasteiger partial charge is 0.484 e. The Labute approximate surface area is 237 Å².